The Morgan fingerprint density at radius 1 is 1.39 bits per heavy atom. The average molecular weight is 266 g/mol. The Labute approximate surface area is 112 Å². The Hall–Kier alpha value is -1.20. The smallest absolute Gasteiger partial charge is 0.295 e. The summed E-state index contributed by atoms with van der Waals surface area (Å²) >= 11 is 1.62. The van der Waals surface area contributed by atoms with Gasteiger partial charge in [0.15, 0.2) is 6.54 Å². The van der Waals surface area contributed by atoms with Gasteiger partial charge in [-0.15, -0.1) is 0 Å². The standard InChI is InChI=1S/C13H19N3OS/c17-13(10-16-6-3-1-2-4-7-16)15-14-9-12-5-8-18-11-12/h5,8-9,11H,1-4,6-7,10H2,(H,15,17)/p+1/b14-9-. The predicted octanol–water partition coefficient (Wildman–Crippen LogP) is 0.657. The topological polar surface area (TPSA) is 45.9 Å². The van der Waals surface area contributed by atoms with E-state index < -0.39 is 0 Å². The van der Waals surface area contributed by atoms with E-state index in [2.05, 4.69) is 10.5 Å². The summed E-state index contributed by atoms with van der Waals surface area (Å²) in [6.45, 7) is 2.77. The molecular weight excluding hydrogens is 246 g/mol. The van der Waals surface area contributed by atoms with Crippen LogP contribution in [0.5, 0.6) is 0 Å². The molecule has 2 heterocycles. The molecule has 5 heteroatoms. The lowest BCUT2D eigenvalue weighted by Gasteiger charge is -2.15. The van der Waals surface area contributed by atoms with E-state index in [0.29, 0.717) is 6.54 Å². The Morgan fingerprint density at radius 3 is 2.83 bits per heavy atom. The molecule has 0 spiro atoms. The molecule has 1 saturated heterocycles. The van der Waals surface area contributed by atoms with Crippen molar-refractivity contribution in [2.45, 2.75) is 25.7 Å². The van der Waals surface area contributed by atoms with Gasteiger partial charge in [0.05, 0.1) is 19.3 Å². The van der Waals surface area contributed by atoms with Gasteiger partial charge in [-0.25, -0.2) is 5.43 Å². The minimum atomic E-state index is 0.0124. The normalized spacial score (nSPS) is 17.8. The van der Waals surface area contributed by atoms with E-state index in [1.54, 1.807) is 17.6 Å². The highest BCUT2D eigenvalue weighted by atomic mass is 32.1. The predicted molar refractivity (Wildman–Crippen MR) is 74.1 cm³/mol. The highest BCUT2D eigenvalue weighted by Crippen LogP contribution is 2.01. The quantitative estimate of drug-likeness (QED) is 0.610. The van der Waals surface area contributed by atoms with Crippen molar-refractivity contribution in [2.24, 2.45) is 5.10 Å². The molecule has 0 atom stereocenters. The van der Waals surface area contributed by atoms with Gasteiger partial charge in [0.2, 0.25) is 0 Å². The number of carbonyl (C=O) groups is 1. The highest BCUT2D eigenvalue weighted by Gasteiger charge is 2.15. The molecule has 0 bridgehead atoms. The number of hydrazone groups is 1. The molecule has 2 N–H and O–H groups in total. The molecule has 1 amide bonds. The van der Waals surface area contributed by atoms with E-state index in [0.717, 1.165) is 18.7 Å². The Kier molecular flexibility index (Phi) is 5.36. The second-order valence-electron chi connectivity index (χ2n) is 4.69. The molecule has 98 valence electrons. The van der Waals surface area contributed by atoms with Crippen LogP contribution in [0.15, 0.2) is 21.9 Å². The molecule has 0 saturated carbocycles. The Morgan fingerprint density at radius 2 is 2.17 bits per heavy atom. The first-order valence-electron chi connectivity index (χ1n) is 6.52. The van der Waals surface area contributed by atoms with E-state index >= 15 is 0 Å². The highest BCUT2D eigenvalue weighted by molar-refractivity contribution is 7.08. The second kappa shape index (κ2) is 7.28. The fraction of sp³-hybridized carbons (Fsp3) is 0.538. The van der Waals surface area contributed by atoms with Crippen molar-refractivity contribution >= 4 is 23.5 Å². The van der Waals surface area contributed by atoms with Gasteiger partial charge in [0.1, 0.15) is 0 Å². The zero-order valence-electron chi connectivity index (χ0n) is 10.5. The van der Waals surface area contributed by atoms with Crippen LogP contribution in [0.4, 0.5) is 0 Å². The van der Waals surface area contributed by atoms with Crippen molar-refractivity contribution in [3.63, 3.8) is 0 Å². The Bertz CT molecular complexity index is 381. The summed E-state index contributed by atoms with van der Waals surface area (Å²) in [5.74, 6) is 0.0124. The number of hydrogen-bond donors (Lipinski definition) is 2. The minimum Gasteiger partial charge on any atom is -0.327 e. The lowest BCUT2D eigenvalue weighted by Crippen LogP contribution is -3.13. The maximum Gasteiger partial charge on any atom is 0.295 e. The number of rotatable bonds is 4. The lowest BCUT2D eigenvalue weighted by atomic mass is 10.2. The SMILES string of the molecule is O=C(C[NH+]1CCCCCC1)N/N=C\c1ccsc1. The van der Waals surface area contributed by atoms with Crippen molar-refractivity contribution in [2.75, 3.05) is 19.6 Å². The summed E-state index contributed by atoms with van der Waals surface area (Å²) in [5.41, 5.74) is 3.63. The van der Waals surface area contributed by atoms with Crippen molar-refractivity contribution in [1.82, 2.24) is 5.43 Å². The van der Waals surface area contributed by atoms with Crippen LogP contribution in [0.1, 0.15) is 31.2 Å². The van der Waals surface area contributed by atoms with Crippen LogP contribution in [0.3, 0.4) is 0 Å². The molecule has 1 aliphatic heterocycles. The first-order chi connectivity index (χ1) is 8.84. The third-order valence-corrected chi connectivity index (χ3v) is 3.87. The molecular formula is C13H20N3OS+. The maximum absolute atomic E-state index is 11.7. The number of quaternary nitrogens is 1. The number of amides is 1. The van der Waals surface area contributed by atoms with Crippen LogP contribution in [0.25, 0.3) is 0 Å². The van der Waals surface area contributed by atoms with Crippen molar-refractivity contribution < 1.29 is 9.69 Å². The van der Waals surface area contributed by atoms with Crippen LogP contribution in [0.2, 0.25) is 0 Å². The van der Waals surface area contributed by atoms with E-state index in [1.165, 1.54) is 30.6 Å². The number of nitrogens with zero attached hydrogens (tertiary/aromatic N) is 1. The number of thiophene rings is 1. The summed E-state index contributed by atoms with van der Waals surface area (Å²) in [5, 5.41) is 7.96. The lowest BCUT2D eigenvalue weighted by molar-refractivity contribution is -0.891. The molecule has 18 heavy (non-hydrogen) atoms. The third-order valence-electron chi connectivity index (χ3n) is 3.17. The fourth-order valence-electron chi connectivity index (χ4n) is 2.20. The van der Waals surface area contributed by atoms with Crippen LogP contribution in [0, 0.1) is 0 Å². The maximum atomic E-state index is 11.7. The van der Waals surface area contributed by atoms with Gasteiger partial charge < -0.3 is 4.90 Å². The molecule has 0 aliphatic carbocycles. The average Bonchev–Trinajstić information content (AvgIpc) is 2.74. The number of nitrogens with one attached hydrogen (secondary N) is 2. The summed E-state index contributed by atoms with van der Waals surface area (Å²) in [6.07, 6.45) is 6.77. The van der Waals surface area contributed by atoms with Crippen LogP contribution >= 0.6 is 11.3 Å². The first kappa shape index (κ1) is 13.2. The molecule has 2 rings (SSSR count). The van der Waals surface area contributed by atoms with Gasteiger partial charge in [0, 0.05) is 5.56 Å². The number of likely N-dealkylation sites (tertiary alicyclic amines) is 1. The fourth-order valence-corrected chi connectivity index (χ4v) is 2.81. The summed E-state index contributed by atoms with van der Waals surface area (Å²) in [4.78, 5) is 13.1. The second-order valence-corrected chi connectivity index (χ2v) is 5.47. The number of carbonyl (C=O) groups excluding carboxylic acids is 1. The summed E-state index contributed by atoms with van der Waals surface area (Å²) < 4.78 is 0. The van der Waals surface area contributed by atoms with E-state index in [1.807, 2.05) is 16.8 Å². The van der Waals surface area contributed by atoms with Gasteiger partial charge >= 0.3 is 0 Å². The van der Waals surface area contributed by atoms with Crippen LogP contribution < -0.4 is 10.3 Å². The molecule has 4 nitrogen and oxygen atoms in total. The van der Waals surface area contributed by atoms with Gasteiger partial charge in [-0.1, -0.05) is 0 Å². The molecule has 1 aliphatic rings. The van der Waals surface area contributed by atoms with Gasteiger partial charge in [0.25, 0.3) is 5.91 Å². The zero-order chi connectivity index (χ0) is 12.6. The van der Waals surface area contributed by atoms with Gasteiger partial charge in [-0.2, -0.15) is 16.4 Å². The summed E-state index contributed by atoms with van der Waals surface area (Å²) in [6, 6.07) is 1.97. The van der Waals surface area contributed by atoms with Crippen molar-refractivity contribution in [3.05, 3.63) is 22.4 Å². The van der Waals surface area contributed by atoms with E-state index in [4.69, 9.17) is 0 Å². The van der Waals surface area contributed by atoms with Crippen LogP contribution in [-0.4, -0.2) is 31.8 Å². The zero-order valence-corrected chi connectivity index (χ0v) is 11.3. The molecule has 1 fully saturated rings. The van der Waals surface area contributed by atoms with Crippen molar-refractivity contribution in [3.8, 4) is 0 Å². The summed E-state index contributed by atoms with van der Waals surface area (Å²) in [7, 11) is 0. The molecule has 0 unspecified atom stereocenters. The van der Waals surface area contributed by atoms with E-state index in [9.17, 15) is 4.79 Å². The van der Waals surface area contributed by atoms with Gasteiger partial charge in [-0.05, 0) is 42.5 Å². The molecule has 1 aromatic heterocycles. The Balaban J connectivity index is 1.71. The van der Waals surface area contributed by atoms with Gasteiger partial charge in [-0.3, -0.25) is 4.79 Å². The van der Waals surface area contributed by atoms with Crippen LogP contribution in [-0.2, 0) is 4.79 Å². The largest absolute Gasteiger partial charge is 0.327 e. The number of hydrogen-bond acceptors (Lipinski definition) is 3. The molecule has 0 aromatic carbocycles. The first-order valence-corrected chi connectivity index (χ1v) is 7.46. The monoisotopic (exact) mass is 266 g/mol. The van der Waals surface area contributed by atoms with Crippen molar-refractivity contribution in [1.29, 1.82) is 0 Å². The minimum absolute atomic E-state index is 0.0124. The third kappa shape index (κ3) is 4.58. The molecule has 1 aromatic rings. The van der Waals surface area contributed by atoms with E-state index in [-0.39, 0.29) is 5.91 Å². The molecule has 0 radical (unpaired) electrons.